The van der Waals surface area contributed by atoms with Gasteiger partial charge < -0.3 is 4.74 Å². The van der Waals surface area contributed by atoms with Crippen molar-refractivity contribution in [2.45, 2.75) is 51.6 Å². The molecule has 2 nitrogen and oxygen atoms in total. The lowest BCUT2D eigenvalue weighted by Crippen LogP contribution is -2.60. The topological polar surface area (TPSA) is 26.3 Å². The Kier molecular flexibility index (Phi) is 2.09. The molecule has 1 spiro atoms. The fraction of sp³-hybridized carbons (Fsp3) is 0.909. The van der Waals surface area contributed by atoms with Crippen LogP contribution in [0.15, 0.2) is 0 Å². The lowest BCUT2D eigenvalue weighted by molar-refractivity contribution is -0.226. The largest absolute Gasteiger partial charge is 0.458 e. The summed E-state index contributed by atoms with van der Waals surface area (Å²) in [5, 5.41) is 0. The normalized spacial score (nSPS) is 31.6. The zero-order chi connectivity index (χ0) is 9.47. The Morgan fingerprint density at radius 2 is 1.92 bits per heavy atom. The number of ether oxygens (including phenoxy) is 1. The van der Waals surface area contributed by atoms with Crippen LogP contribution in [0.2, 0.25) is 0 Å². The van der Waals surface area contributed by atoms with Crippen LogP contribution in [0.1, 0.15) is 46.0 Å². The van der Waals surface area contributed by atoms with E-state index in [4.69, 9.17) is 4.74 Å². The van der Waals surface area contributed by atoms with E-state index in [0.29, 0.717) is 5.92 Å². The molecule has 2 rings (SSSR count). The van der Waals surface area contributed by atoms with Crippen molar-refractivity contribution in [3.05, 3.63) is 0 Å². The third-order valence-electron chi connectivity index (χ3n) is 3.49. The Morgan fingerprint density at radius 1 is 1.31 bits per heavy atom. The predicted octanol–water partition coefficient (Wildman–Crippen LogP) is 2.52. The van der Waals surface area contributed by atoms with Crippen LogP contribution in [0.5, 0.6) is 0 Å². The van der Waals surface area contributed by atoms with Crippen LogP contribution in [-0.4, -0.2) is 11.6 Å². The summed E-state index contributed by atoms with van der Waals surface area (Å²) in [6, 6.07) is 0. The summed E-state index contributed by atoms with van der Waals surface area (Å²) in [5.41, 5.74) is -0.0382. The quantitative estimate of drug-likeness (QED) is 0.582. The molecule has 1 saturated heterocycles. The second-order valence-corrected chi connectivity index (χ2v) is 4.77. The van der Waals surface area contributed by atoms with E-state index < -0.39 is 0 Å². The van der Waals surface area contributed by atoms with Crippen molar-refractivity contribution < 1.29 is 9.53 Å². The maximum atomic E-state index is 11.3. The first-order chi connectivity index (χ1) is 6.16. The lowest BCUT2D eigenvalue weighted by atomic mass is 9.67. The Labute approximate surface area is 79.7 Å². The van der Waals surface area contributed by atoms with Gasteiger partial charge in [0.1, 0.15) is 5.60 Å². The molecule has 0 aromatic heterocycles. The summed E-state index contributed by atoms with van der Waals surface area (Å²) < 4.78 is 5.40. The van der Waals surface area contributed by atoms with Gasteiger partial charge in [0.2, 0.25) is 0 Å². The van der Waals surface area contributed by atoms with Crippen molar-refractivity contribution in [3.8, 4) is 0 Å². The van der Waals surface area contributed by atoms with E-state index in [9.17, 15) is 4.79 Å². The molecule has 2 aliphatic rings. The first kappa shape index (κ1) is 9.04. The number of hydrogen-bond acceptors (Lipinski definition) is 2. The van der Waals surface area contributed by atoms with Crippen LogP contribution in [-0.2, 0) is 9.53 Å². The standard InChI is InChI=1S/C11H18O2/c1-8(2)9-10(12)13-11(9)6-4-3-5-7-11/h8-9H,3-7H2,1-2H3/t9-/m1/s1. The molecule has 0 unspecified atom stereocenters. The van der Waals surface area contributed by atoms with E-state index in [1.807, 2.05) is 0 Å². The molecule has 1 atom stereocenters. The van der Waals surface area contributed by atoms with Gasteiger partial charge in [0, 0.05) is 0 Å². The van der Waals surface area contributed by atoms with Gasteiger partial charge in [0.15, 0.2) is 0 Å². The number of carbonyl (C=O) groups excluding carboxylic acids is 1. The van der Waals surface area contributed by atoms with Gasteiger partial charge in [-0.25, -0.2) is 0 Å². The Morgan fingerprint density at radius 3 is 2.38 bits per heavy atom. The van der Waals surface area contributed by atoms with Crippen molar-refractivity contribution >= 4 is 5.97 Å². The summed E-state index contributed by atoms with van der Waals surface area (Å²) in [7, 11) is 0. The average Bonchev–Trinajstić information content (AvgIpc) is 2.03. The molecule has 1 aliphatic carbocycles. The van der Waals surface area contributed by atoms with Crippen LogP contribution in [0.25, 0.3) is 0 Å². The molecule has 13 heavy (non-hydrogen) atoms. The van der Waals surface area contributed by atoms with E-state index in [1.165, 1.54) is 19.3 Å². The molecule has 1 saturated carbocycles. The lowest BCUT2D eigenvalue weighted by Gasteiger charge is -2.51. The highest BCUT2D eigenvalue weighted by Gasteiger charge is 2.57. The molecule has 2 fully saturated rings. The van der Waals surface area contributed by atoms with Crippen molar-refractivity contribution in [2.24, 2.45) is 11.8 Å². The van der Waals surface area contributed by atoms with Gasteiger partial charge in [0.05, 0.1) is 5.92 Å². The van der Waals surface area contributed by atoms with Crippen molar-refractivity contribution in [3.63, 3.8) is 0 Å². The molecular weight excluding hydrogens is 164 g/mol. The zero-order valence-electron chi connectivity index (χ0n) is 8.51. The fourth-order valence-electron chi connectivity index (χ4n) is 2.93. The molecule has 2 heteroatoms. The van der Waals surface area contributed by atoms with E-state index in [1.54, 1.807) is 0 Å². The molecule has 0 amide bonds. The second-order valence-electron chi connectivity index (χ2n) is 4.77. The Bertz CT molecular complexity index is 214. The molecule has 0 aromatic carbocycles. The third-order valence-corrected chi connectivity index (χ3v) is 3.49. The van der Waals surface area contributed by atoms with Crippen molar-refractivity contribution in [1.82, 2.24) is 0 Å². The summed E-state index contributed by atoms with van der Waals surface area (Å²) in [6.07, 6.45) is 5.97. The highest BCUT2D eigenvalue weighted by atomic mass is 16.6. The van der Waals surface area contributed by atoms with E-state index in [0.717, 1.165) is 12.8 Å². The number of hydrogen-bond donors (Lipinski definition) is 0. The van der Waals surface area contributed by atoms with Crippen molar-refractivity contribution in [1.29, 1.82) is 0 Å². The van der Waals surface area contributed by atoms with Crippen molar-refractivity contribution in [2.75, 3.05) is 0 Å². The first-order valence-corrected chi connectivity index (χ1v) is 5.38. The highest BCUT2D eigenvalue weighted by molar-refractivity contribution is 5.80. The summed E-state index contributed by atoms with van der Waals surface area (Å²) in [6.45, 7) is 4.25. The molecule has 0 bridgehead atoms. The van der Waals surface area contributed by atoms with Crippen LogP contribution in [0.4, 0.5) is 0 Å². The first-order valence-electron chi connectivity index (χ1n) is 5.38. The van der Waals surface area contributed by atoms with E-state index in [2.05, 4.69) is 13.8 Å². The van der Waals surface area contributed by atoms with Crippen LogP contribution >= 0.6 is 0 Å². The van der Waals surface area contributed by atoms with Crippen LogP contribution in [0, 0.1) is 11.8 Å². The molecule has 74 valence electrons. The minimum absolute atomic E-state index is 0.0382. The van der Waals surface area contributed by atoms with Gasteiger partial charge in [-0.2, -0.15) is 0 Å². The SMILES string of the molecule is CC(C)[C@@H]1C(=O)OC12CCCCC2. The molecule has 0 aromatic rings. The molecule has 0 radical (unpaired) electrons. The second kappa shape index (κ2) is 3.00. The van der Waals surface area contributed by atoms with Gasteiger partial charge >= 0.3 is 5.97 Å². The van der Waals surface area contributed by atoms with E-state index in [-0.39, 0.29) is 17.5 Å². The van der Waals surface area contributed by atoms with Gasteiger partial charge in [0.25, 0.3) is 0 Å². The minimum Gasteiger partial charge on any atom is -0.458 e. The Hall–Kier alpha value is -0.530. The van der Waals surface area contributed by atoms with E-state index >= 15 is 0 Å². The monoisotopic (exact) mass is 182 g/mol. The Balaban J connectivity index is 2.10. The summed E-state index contributed by atoms with van der Waals surface area (Å²) in [4.78, 5) is 11.3. The highest BCUT2D eigenvalue weighted by Crippen LogP contribution is 2.48. The number of carbonyl (C=O) groups is 1. The summed E-state index contributed by atoms with van der Waals surface area (Å²) in [5.74, 6) is 0.670. The van der Waals surface area contributed by atoms with Gasteiger partial charge in [-0.1, -0.05) is 20.3 Å². The third kappa shape index (κ3) is 1.27. The fourth-order valence-corrected chi connectivity index (χ4v) is 2.93. The molecule has 1 heterocycles. The molecule has 0 N–H and O–H groups in total. The maximum Gasteiger partial charge on any atom is 0.313 e. The smallest absolute Gasteiger partial charge is 0.313 e. The zero-order valence-corrected chi connectivity index (χ0v) is 8.51. The number of rotatable bonds is 1. The van der Waals surface area contributed by atoms with Crippen LogP contribution in [0.3, 0.4) is 0 Å². The van der Waals surface area contributed by atoms with Gasteiger partial charge in [-0.15, -0.1) is 0 Å². The predicted molar refractivity (Wildman–Crippen MR) is 50.2 cm³/mol. The maximum absolute atomic E-state index is 11.3. The number of esters is 1. The average molecular weight is 182 g/mol. The molecular formula is C11H18O2. The minimum atomic E-state index is -0.0382. The molecule has 1 aliphatic heterocycles. The van der Waals surface area contributed by atoms with Crippen LogP contribution < -0.4 is 0 Å². The summed E-state index contributed by atoms with van der Waals surface area (Å²) >= 11 is 0. The van der Waals surface area contributed by atoms with Gasteiger partial charge in [-0.3, -0.25) is 4.79 Å². The van der Waals surface area contributed by atoms with Gasteiger partial charge in [-0.05, 0) is 31.6 Å².